The minimum Gasteiger partial charge on any atom is -0.384 e. The summed E-state index contributed by atoms with van der Waals surface area (Å²) in [6, 6.07) is 3.62. The molecule has 0 radical (unpaired) electrons. The van der Waals surface area contributed by atoms with Gasteiger partial charge < -0.3 is 11.1 Å². The zero-order valence-electron chi connectivity index (χ0n) is 9.11. The van der Waals surface area contributed by atoms with E-state index in [9.17, 15) is 4.79 Å². The van der Waals surface area contributed by atoms with E-state index in [1.54, 1.807) is 24.0 Å². The molecule has 2 aromatic heterocycles. The van der Waals surface area contributed by atoms with Crippen molar-refractivity contribution in [1.82, 2.24) is 15.1 Å². The van der Waals surface area contributed by atoms with Gasteiger partial charge in [-0.25, -0.2) is 0 Å². The average molecular weight is 315 g/mol. The zero-order chi connectivity index (χ0) is 12.4. The number of nitrogens with zero attached hydrogens (tertiary/aromatic N) is 2. The van der Waals surface area contributed by atoms with Gasteiger partial charge >= 0.3 is 0 Å². The number of hydrogen-bond donors (Lipinski definition) is 2. The molecule has 0 unspecified atom stereocenters. The number of thiophene rings is 1. The first-order valence-corrected chi connectivity index (χ1v) is 6.49. The Bertz CT molecular complexity index is 548. The number of nitrogens with one attached hydrogen (secondary N) is 1. The van der Waals surface area contributed by atoms with Gasteiger partial charge in [0.05, 0.1) is 14.9 Å². The SMILES string of the molecule is Cn1ncc(CNC(=O)c2ccc(Br)s2)c1N. The van der Waals surface area contributed by atoms with Crippen molar-refractivity contribution >= 4 is 39.0 Å². The molecular formula is C10H11BrN4OS. The van der Waals surface area contributed by atoms with Crippen LogP contribution >= 0.6 is 27.3 Å². The molecule has 7 heteroatoms. The molecule has 1 amide bonds. The number of aryl methyl sites for hydroxylation is 1. The van der Waals surface area contributed by atoms with Crippen molar-refractivity contribution in [2.24, 2.45) is 7.05 Å². The van der Waals surface area contributed by atoms with Gasteiger partial charge in [0.15, 0.2) is 0 Å². The van der Waals surface area contributed by atoms with Crippen LogP contribution in [0.15, 0.2) is 22.1 Å². The van der Waals surface area contributed by atoms with E-state index in [0.717, 1.165) is 9.35 Å². The number of nitrogens with two attached hydrogens (primary N) is 1. The Kier molecular flexibility index (Phi) is 3.49. The summed E-state index contributed by atoms with van der Waals surface area (Å²) in [7, 11) is 1.76. The van der Waals surface area contributed by atoms with Crippen LogP contribution in [0, 0.1) is 0 Å². The third kappa shape index (κ3) is 2.67. The predicted octanol–water partition coefficient (Wildman–Crippen LogP) is 1.76. The summed E-state index contributed by atoms with van der Waals surface area (Å²) in [6.07, 6.45) is 1.65. The monoisotopic (exact) mass is 314 g/mol. The van der Waals surface area contributed by atoms with Crippen LogP contribution in [0.4, 0.5) is 5.82 Å². The molecule has 2 aromatic rings. The molecule has 0 atom stereocenters. The van der Waals surface area contributed by atoms with Gasteiger partial charge in [0.1, 0.15) is 5.82 Å². The second-order valence-electron chi connectivity index (χ2n) is 3.47. The first kappa shape index (κ1) is 12.1. The Hall–Kier alpha value is -1.34. The minimum absolute atomic E-state index is 0.107. The van der Waals surface area contributed by atoms with Gasteiger partial charge in [-0.15, -0.1) is 11.3 Å². The van der Waals surface area contributed by atoms with Crippen molar-refractivity contribution in [3.63, 3.8) is 0 Å². The van der Waals surface area contributed by atoms with Crippen molar-refractivity contribution in [3.8, 4) is 0 Å². The van der Waals surface area contributed by atoms with Gasteiger partial charge in [-0.3, -0.25) is 9.48 Å². The first-order chi connectivity index (χ1) is 8.08. The Morgan fingerprint density at radius 1 is 1.65 bits per heavy atom. The molecule has 5 nitrogen and oxygen atoms in total. The number of carbonyl (C=O) groups excluding carboxylic acids is 1. The van der Waals surface area contributed by atoms with E-state index in [1.165, 1.54) is 11.3 Å². The lowest BCUT2D eigenvalue weighted by Crippen LogP contribution is -2.22. The fraction of sp³-hybridized carbons (Fsp3) is 0.200. The lowest BCUT2D eigenvalue weighted by atomic mass is 10.3. The van der Waals surface area contributed by atoms with Crippen LogP contribution < -0.4 is 11.1 Å². The van der Waals surface area contributed by atoms with E-state index in [2.05, 4.69) is 26.3 Å². The zero-order valence-corrected chi connectivity index (χ0v) is 11.5. The molecule has 0 aliphatic rings. The highest BCUT2D eigenvalue weighted by Crippen LogP contribution is 2.22. The smallest absolute Gasteiger partial charge is 0.261 e. The maximum absolute atomic E-state index is 11.8. The molecule has 0 aliphatic carbocycles. The number of anilines is 1. The molecule has 2 rings (SSSR count). The molecule has 0 bridgehead atoms. The molecule has 2 heterocycles. The molecule has 3 N–H and O–H groups in total. The summed E-state index contributed by atoms with van der Waals surface area (Å²) in [5.41, 5.74) is 6.59. The Balaban J connectivity index is 1.99. The highest BCUT2D eigenvalue weighted by Gasteiger charge is 2.10. The van der Waals surface area contributed by atoms with Gasteiger partial charge in [0, 0.05) is 19.2 Å². The quantitative estimate of drug-likeness (QED) is 0.906. The second-order valence-corrected chi connectivity index (χ2v) is 5.93. The third-order valence-electron chi connectivity index (χ3n) is 2.30. The summed E-state index contributed by atoms with van der Waals surface area (Å²) in [6.45, 7) is 0.383. The van der Waals surface area contributed by atoms with Crippen molar-refractivity contribution in [1.29, 1.82) is 0 Å². The van der Waals surface area contributed by atoms with Crippen LogP contribution in [0.1, 0.15) is 15.2 Å². The lowest BCUT2D eigenvalue weighted by Gasteiger charge is -2.02. The molecule has 0 fully saturated rings. The van der Waals surface area contributed by atoms with E-state index in [0.29, 0.717) is 17.2 Å². The molecule has 0 aromatic carbocycles. The van der Waals surface area contributed by atoms with Gasteiger partial charge in [-0.1, -0.05) is 0 Å². The van der Waals surface area contributed by atoms with E-state index < -0.39 is 0 Å². The van der Waals surface area contributed by atoms with Crippen LogP contribution in [0.2, 0.25) is 0 Å². The normalized spacial score (nSPS) is 10.5. The molecule has 0 aliphatic heterocycles. The fourth-order valence-corrected chi connectivity index (χ4v) is 2.63. The van der Waals surface area contributed by atoms with Crippen molar-refractivity contribution in [2.75, 3.05) is 5.73 Å². The topological polar surface area (TPSA) is 72.9 Å². The maximum Gasteiger partial charge on any atom is 0.261 e. The third-order valence-corrected chi connectivity index (χ3v) is 3.92. The minimum atomic E-state index is -0.107. The number of rotatable bonds is 3. The van der Waals surface area contributed by atoms with E-state index in [4.69, 9.17) is 5.73 Å². The molecule has 0 saturated carbocycles. The van der Waals surface area contributed by atoms with Gasteiger partial charge in [-0.2, -0.15) is 5.10 Å². The second kappa shape index (κ2) is 4.89. The number of nitrogen functional groups attached to an aromatic ring is 1. The first-order valence-electron chi connectivity index (χ1n) is 4.88. The van der Waals surface area contributed by atoms with Gasteiger partial charge in [0.25, 0.3) is 5.91 Å². The number of amides is 1. The number of hydrogen-bond acceptors (Lipinski definition) is 4. The molecule has 0 saturated heterocycles. The van der Waals surface area contributed by atoms with E-state index in [1.807, 2.05) is 6.07 Å². The molecule has 90 valence electrons. The highest BCUT2D eigenvalue weighted by molar-refractivity contribution is 9.11. The van der Waals surface area contributed by atoms with Crippen LogP contribution in [0.3, 0.4) is 0 Å². The molecule has 17 heavy (non-hydrogen) atoms. The number of carbonyl (C=O) groups is 1. The summed E-state index contributed by atoms with van der Waals surface area (Å²) < 4.78 is 2.51. The summed E-state index contributed by atoms with van der Waals surface area (Å²) in [5, 5.41) is 6.81. The van der Waals surface area contributed by atoms with Crippen LogP contribution in [-0.4, -0.2) is 15.7 Å². The Morgan fingerprint density at radius 3 is 2.94 bits per heavy atom. The maximum atomic E-state index is 11.8. The summed E-state index contributed by atoms with van der Waals surface area (Å²) >= 11 is 4.71. The van der Waals surface area contributed by atoms with Gasteiger partial charge in [0.2, 0.25) is 0 Å². The largest absolute Gasteiger partial charge is 0.384 e. The van der Waals surface area contributed by atoms with Gasteiger partial charge in [-0.05, 0) is 28.1 Å². The van der Waals surface area contributed by atoms with Crippen molar-refractivity contribution in [3.05, 3.63) is 32.6 Å². The summed E-state index contributed by atoms with van der Waals surface area (Å²) in [4.78, 5) is 12.4. The van der Waals surface area contributed by atoms with Crippen LogP contribution in [0.5, 0.6) is 0 Å². The molecular weight excluding hydrogens is 304 g/mol. The predicted molar refractivity (Wildman–Crippen MR) is 70.8 cm³/mol. The lowest BCUT2D eigenvalue weighted by molar-refractivity contribution is 0.0955. The number of aromatic nitrogens is 2. The van der Waals surface area contributed by atoms with E-state index in [-0.39, 0.29) is 5.91 Å². The fourth-order valence-electron chi connectivity index (χ4n) is 1.33. The summed E-state index contributed by atoms with van der Waals surface area (Å²) in [5.74, 6) is 0.460. The van der Waals surface area contributed by atoms with Crippen LogP contribution in [-0.2, 0) is 13.6 Å². The average Bonchev–Trinajstić information content (AvgIpc) is 2.86. The molecule has 0 spiro atoms. The highest BCUT2D eigenvalue weighted by atomic mass is 79.9. The van der Waals surface area contributed by atoms with Crippen molar-refractivity contribution in [2.45, 2.75) is 6.54 Å². The standard InChI is InChI=1S/C10H11BrN4OS/c1-15-9(12)6(5-14-15)4-13-10(16)7-2-3-8(11)17-7/h2-3,5H,4,12H2,1H3,(H,13,16). The van der Waals surface area contributed by atoms with E-state index >= 15 is 0 Å². The van der Waals surface area contributed by atoms with Crippen molar-refractivity contribution < 1.29 is 4.79 Å². The Morgan fingerprint density at radius 2 is 2.41 bits per heavy atom. The number of halogens is 1. The van der Waals surface area contributed by atoms with Crippen LogP contribution in [0.25, 0.3) is 0 Å². The Labute approximate surface area is 111 Å².